The molecule has 0 heterocycles. The van der Waals surface area contributed by atoms with Crippen molar-refractivity contribution in [2.45, 2.75) is 5.75 Å². The van der Waals surface area contributed by atoms with Crippen molar-refractivity contribution in [2.24, 2.45) is 0 Å². The second-order valence-electron chi connectivity index (χ2n) is 2.61. The van der Waals surface area contributed by atoms with Crippen molar-refractivity contribution in [3.8, 4) is 0 Å². The predicted octanol–water partition coefficient (Wildman–Crippen LogP) is 1.40. The Bertz CT molecular complexity index is 458. The first-order valence-electron chi connectivity index (χ1n) is 3.57. The Morgan fingerprint density at radius 1 is 1.33 bits per heavy atom. The third kappa shape index (κ3) is 4.24. The number of para-hydroxylation sites is 1. The van der Waals surface area contributed by atoms with Crippen LogP contribution in [0, 0.1) is 10.1 Å². The Hall–Kier alpha value is -1.18. The number of halogens is 1. The first-order valence-corrected chi connectivity index (χ1v) is 5.18. The van der Waals surface area contributed by atoms with Gasteiger partial charge in [-0.15, -0.1) is 12.4 Å². The zero-order valence-electron chi connectivity index (χ0n) is 7.36. The summed E-state index contributed by atoms with van der Waals surface area (Å²) in [5.41, 5.74) is -0.342. The van der Waals surface area contributed by atoms with Crippen LogP contribution in [0.4, 0.5) is 5.69 Å². The molecular formula is C7H8ClNO5S. The smallest absolute Gasteiger partial charge is 0.273 e. The van der Waals surface area contributed by atoms with Crippen molar-refractivity contribution in [1.82, 2.24) is 0 Å². The van der Waals surface area contributed by atoms with Gasteiger partial charge in [0.25, 0.3) is 15.8 Å². The third-order valence-corrected chi connectivity index (χ3v) is 2.20. The van der Waals surface area contributed by atoms with Crippen LogP contribution in [0.5, 0.6) is 0 Å². The van der Waals surface area contributed by atoms with Crippen LogP contribution in [0.3, 0.4) is 0 Å². The van der Waals surface area contributed by atoms with Crippen molar-refractivity contribution in [3.63, 3.8) is 0 Å². The summed E-state index contributed by atoms with van der Waals surface area (Å²) in [6.07, 6.45) is 0. The van der Waals surface area contributed by atoms with Gasteiger partial charge in [0, 0.05) is 11.6 Å². The number of nitro benzene ring substituents is 1. The van der Waals surface area contributed by atoms with Gasteiger partial charge >= 0.3 is 0 Å². The van der Waals surface area contributed by atoms with Gasteiger partial charge in [0.15, 0.2) is 0 Å². The van der Waals surface area contributed by atoms with Crippen LogP contribution in [-0.2, 0) is 15.9 Å². The molecule has 6 nitrogen and oxygen atoms in total. The Morgan fingerprint density at radius 3 is 2.33 bits per heavy atom. The molecule has 0 spiro atoms. The fourth-order valence-electron chi connectivity index (χ4n) is 1.01. The van der Waals surface area contributed by atoms with E-state index in [2.05, 4.69) is 0 Å². The Kier molecular flexibility index (Phi) is 4.66. The van der Waals surface area contributed by atoms with Crippen LogP contribution in [0.1, 0.15) is 5.56 Å². The molecule has 0 aliphatic rings. The van der Waals surface area contributed by atoms with Crippen LogP contribution in [0.25, 0.3) is 0 Å². The number of benzene rings is 1. The molecule has 0 atom stereocenters. The Labute approximate surface area is 92.2 Å². The number of hydrogen-bond donors (Lipinski definition) is 1. The summed E-state index contributed by atoms with van der Waals surface area (Å²) < 4.78 is 29.5. The molecule has 0 saturated carbocycles. The first-order chi connectivity index (χ1) is 6.40. The lowest BCUT2D eigenvalue weighted by atomic mass is 10.2. The highest BCUT2D eigenvalue weighted by atomic mass is 35.5. The number of nitro groups is 1. The van der Waals surface area contributed by atoms with E-state index in [4.69, 9.17) is 4.55 Å². The van der Waals surface area contributed by atoms with Crippen molar-refractivity contribution in [2.75, 3.05) is 0 Å². The molecular weight excluding hydrogens is 246 g/mol. The van der Waals surface area contributed by atoms with Gasteiger partial charge in [-0.1, -0.05) is 18.2 Å². The van der Waals surface area contributed by atoms with Crippen LogP contribution < -0.4 is 0 Å². The normalized spacial score (nSPS) is 10.5. The SMILES string of the molecule is Cl.O=[N+]([O-])c1ccccc1CS(=O)(=O)O. The molecule has 0 fully saturated rings. The predicted molar refractivity (Wildman–Crippen MR) is 55.6 cm³/mol. The van der Waals surface area contributed by atoms with Crippen LogP contribution in [0.15, 0.2) is 24.3 Å². The molecule has 0 aromatic heterocycles. The monoisotopic (exact) mass is 253 g/mol. The maximum atomic E-state index is 10.5. The summed E-state index contributed by atoms with van der Waals surface area (Å²) in [5, 5.41) is 10.4. The second-order valence-corrected chi connectivity index (χ2v) is 4.06. The van der Waals surface area contributed by atoms with E-state index in [0.717, 1.165) is 0 Å². The minimum Gasteiger partial charge on any atom is -0.285 e. The van der Waals surface area contributed by atoms with Crippen LogP contribution in [-0.4, -0.2) is 17.9 Å². The largest absolute Gasteiger partial charge is 0.285 e. The lowest BCUT2D eigenvalue weighted by Crippen LogP contribution is -2.04. The van der Waals surface area contributed by atoms with Gasteiger partial charge in [-0.05, 0) is 0 Å². The molecule has 0 unspecified atom stereocenters. The van der Waals surface area contributed by atoms with E-state index in [0.29, 0.717) is 0 Å². The fourth-order valence-corrected chi connectivity index (χ4v) is 1.64. The average Bonchev–Trinajstić information content (AvgIpc) is 2.01. The molecule has 1 rings (SSSR count). The van der Waals surface area contributed by atoms with Crippen LogP contribution >= 0.6 is 12.4 Å². The molecule has 1 aromatic rings. The number of hydrogen-bond acceptors (Lipinski definition) is 4. The Morgan fingerprint density at radius 2 is 1.87 bits per heavy atom. The molecule has 0 saturated heterocycles. The van der Waals surface area contributed by atoms with Gasteiger partial charge in [-0.3, -0.25) is 14.7 Å². The average molecular weight is 254 g/mol. The summed E-state index contributed by atoms with van der Waals surface area (Å²) in [5.74, 6) is -0.746. The zero-order valence-corrected chi connectivity index (χ0v) is 8.99. The van der Waals surface area contributed by atoms with Gasteiger partial charge in [-0.2, -0.15) is 8.42 Å². The number of nitrogens with zero attached hydrogens (tertiary/aromatic N) is 1. The maximum Gasteiger partial charge on any atom is 0.273 e. The lowest BCUT2D eigenvalue weighted by Gasteiger charge is -1.99. The highest BCUT2D eigenvalue weighted by molar-refractivity contribution is 7.85. The summed E-state index contributed by atoms with van der Waals surface area (Å²) in [4.78, 5) is 9.74. The van der Waals surface area contributed by atoms with Crippen LogP contribution in [0.2, 0.25) is 0 Å². The van der Waals surface area contributed by atoms with Gasteiger partial charge in [-0.25, -0.2) is 0 Å². The van der Waals surface area contributed by atoms with Crippen molar-refractivity contribution in [3.05, 3.63) is 39.9 Å². The molecule has 0 bridgehead atoms. The summed E-state index contributed by atoms with van der Waals surface area (Å²) >= 11 is 0. The molecule has 0 amide bonds. The minimum absolute atomic E-state index is 0. The Balaban J connectivity index is 0.00000196. The van der Waals surface area contributed by atoms with Crippen molar-refractivity contribution in [1.29, 1.82) is 0 Å². The molecule has 1 N–H and O–H groups in total. The van der Waals surface area contributed by atoms with Gasteiger partial charge < -0.3 is 0 Å². The summed E-state index contributed by atoms with van der Waals surface area (Å²) in [6.45, 7) is 0. The van der Waals surface area contributed by atoms with Crippen molar-refractivity contribution < 1.29 is 17.9 Å². The van der Waals surface area contributed by atoms with E-state index in [1.807, 2.05) is 0 Å². The van der Waals surface area contributed by atoms with E-state index in [-0.39, 0.29) is 23.7 Å². The molecule has 0 radical (unpaired) electrons. The second kappa shape index (κ2) is 5.06. The summed E-state index contributed by atoms with van der Waals surface area (Å²) in [6, 6.07) is 5.35. The highest BCUT2D eigenvalue weighted by Crippen LogP contribution is 2.19. The van der Waals surface area contributed by atoms with E-state index in [1.165, 1.54) is 24.3 Å². The van der Waals surface area contributed by atoms with E-state index < -0.39 is 20.8 Å². The van der Waals surface area contributed by atoms with E-state index in [9.17, 15) is 18.5 Å². The standard InChI is InChI=1S/C7H7NO5S.ClH/c9-8(10)7-4-2-1-3-6(7)5-14(11,12)13;/h1-4H,5H2,(H,11,12,13);1H. The zero-order chi connectivity index (χ0) is 10.8. The topological polar surface area (TPSA) is 97.5 Å². The highest BCUT2D eigenvalue weighted by Gasteiger charge is 2.17. The molecule has 0 aliphatic carbocycles. The third-order valence-electron chi connectivity index (χ3n) is 1.53. The quantitative estimate of drug-likeness (QED) is 0.499. The minimum atomic E-state index is -4.24. The van der Waals surface area contributed by atoms with Crippen molar-refractivity contribution >= 4 is 28.2 Å². The van der Waals surface area contributed by atoms with Gasteiger partial charge in [0.05, 0.1) is 4.92 Å². The first kappa shape index (κ1) is 13.8. The summed E-state index contributed by atoms with van der Waals surface area (Å²) in [7, 11) is -4.24. The maximum absolute atomic E-state index is 10.5. The van der Waals surface area contributed by atoms with Gasteiger partial charge in [0.2, 0.25) is 0 Å². The molecule has 84 valence electrons. The molecule has 0 aliphatic heterocycles. The van der Waals surface area contributed by atoms with E-state index in [1.54, 1.807) is 0 Å². The fraction of sp³-hybridized carbons (Fsp3) is 0.143. The number of rotatable bonds is 3. The van der Waals surface area contributed by atoms with E-state index >= 15 is 0 Å². The molecule has 1 aromatic carbocycles. The molecule has 8 heteroatoms. The lowest BCUT2D eigenvalue weighted by molar-refractivity contribution is -0.385. The van der Waals surface area contributed by atoms with Gasteiger partial charge in [0.1, 0.15) is 5.75 Å². The molecule has 15 heavy (non-hydrogen) atoms.